The standard InChI is InChI=1S/C21H25ClN2O6S/c1-13(15-5-7-19-20(11-15)30-10-9-29-19)23-21(25)14(2)24(31(4,26)27)17-12-16(22)6-8-18(17)28-3/h5-8,11-14H,9-10H2,1-4H3,(H,23,25)/t13-,14-/m0/s1. The summed E-state index contributed by atoms with van der Waals surface area (Å²) < 4.78 is 42.6. The molecule has 1 heterocycles. The molecular weight excluding hydrogens is 444 g/mol. The minimum atomic E-state index is -3.83. The summed E-state index contributed by atoms with van der Waals surface area (Å²) in [6.45, 7) is 4.26. The van der Waals surface area contributed by atoms with Crippen LogP contribution < -0.4 is 23.8 Å². The SMILES string of the molecule is COc1ccc(Cl)cc1N([C@@H](C)C(=O)N[C@@H](C)c1ccc2c(c1)OCCO2)S(C)(=O)=O. The number of rotatable bonds is 7. The molecule has 31 heavy (non-hydrogen) atoms. The van der Waals surface area contributed by atoms with Gasteiger partial charge in [0.25, 0.3) is 0 Å². The first-order valence-electron chi connectivity index (χ1n) is 9.64. The number of fused-ring (bicyclic) bond motifs is 1. The molecular formula is C21H25ClN2O6S. The lowest BCUT2D eigenvalue weighted by Gasteiger charge is -2.30. The monoisotopic (exact) mass is 468 g/mol. The summed E-state index contributed by atoms with van der Waals surface area (Å²) in [5, 5.41) is 3.18. The molecule has 2 aromatic rings. The summed E-state index contributed by atoms with van der Waals surface area (Å²) in [5.41, 5.74) is 0.989. The largest absolute Gasteiger partial charge is 0.495 e. The fraction of sp³-hybridized carbons (Fsp3) is 0.381. The van der Waals surface area contributed by atoms with E-state index in [9.17, 15) is 13.2 Å². The molecule has 1 N–H and O–H groups in total. The van der Waals surface area contributed by atoms with E-state index in [-0.39, 0.29) is 11.4 Å². The van der Waals surface area contributed by atoms with Crippen LogP contribution in [0.2, 0.25) is 5.02 Å². The molecule has 0 aliphatic carbocycles. The number of carbonyl (C=O) groups excluding carboxylic acids is 1. The van der Waals surface area contributed by atoms with Crippen molar-refractivity contribution in [2.24, 2.45) is 0 Å². The van der Waals surface area contributed by atoms with Gasteiger partial charge in [-0.15, -0.1) is 0 Å². The molecule has 0 fully saturated rings. The van der Waals surface area contributed by atoms with Crippen molar-refractivity contribution in [2.45, 2.75) is 25.9 Å². The van der Waals surface area contributed by atoms with Gasteiger partial charge in [-0.3, -0.25) is 9.10 Å². The van der Waals surface area contributed by atoms with Gasteiger partial charge in [-0.2, -0.15) is 0 Å². The number of methoxy groups -OCH3 is 1. The molecule has 2 aromatic carbocycles. The molecule has 10 heteroatoms. The van der Waals surface area contributed by atoms with Crippen LogP contribution in [0.5, 0.6) is 17.2 Å². The van der Waals surface area contributed by atoms with Gasteiger partial charge in [-0.05, 0) is 49.7 Å². The Morgan fingerprint density at radius 2 is 1.81 bits per heavy atom. The minimum absolute atomic E-state index is 0.187. The molecule has 0 radical (unpaired) electrons. The number of hydrogen-bond acceptors (Lipinski definition) is 6. The average molecular weight is 469 g/mol. The van der Waals surface area contributed by atoms with Crippen molar-refractivity contribution in [3.63, 3.8) is 0 Å². The first-order valence-corrected chi connectivity index (χ1v) is 11.9. The van der Waals surface area contributed by atoms with Gasteiger partial charge in [0.05, 0.1) is 25.1 Å². The summed E-state index contributed by atoms with van der Waals surface area (Å²) in [7, 11) is -2.41. The number of anilines is 1. The van der Waals surface area contributed by atoms with Crippen LogP contribution in [0, 0.1) is 0 Å². The lowest BCUT2D eigenvalue weighted by molar-refractivity contribution is -0.122. The zero-order valence-electron chi connectivity index (χ0n) is 17.7. The number of halogens is 1. The molecule has 0 bridgehead atoms. The van der Waals surface area contributed by atoms with Gasteiger partial charge in [0.1, 0.15) is 25.0 Å². The minimum Gasteiger partial charge on any atom is -0.495 e. The summed E-state index contributed by atoms with van der Waals surface area (Å²) in [6.07, 6.45) is 1.03. The van der Waals surface area contributed by atoms with Crippen LogP contribution in [-0.2, 0) is 14.8 Å². The molecule has 0 aromatic heterocycles. The van der Waals surface area contributed by atoms with Crippen LogP contribution in [0.15, 0.2) is 36.4 Å². The molecule has 0 spiro atoms. The third-order valence-electron chi connectivity index (χ3n) is 4.89. The number of nitrogens with one attached hydrogen (secondary N) is 1. The highest BCUT2D eigenvalue weighted by molar-refractivity contribution is 7.92. The Balaban J connectivity index is 1.85. The van der Waals surface area contributed by atoms with Crippen LogP contribution in [0.25, 0.3) is 0 Å². The van der Waals surface area contributed by atoms with Crippen LogP contribution in [0.1, 0.15) is 25.5 Å². The molecule has 1 amide bonds. The smallest absolute Gasteiger partial charge is 0.244 e. The van der Waals surface area contributed by atoms with Crippen molar-refractivity contribution in [3.05, 3.63) is 47.0 Å². The van der Waals surface area contributed by atoms with Gasteiger partial charge in [0.2, 0.25) is 15.9 Å². The molecule has 0 saturated heterocycles. The Bertz CT molecular complexity index is 1080. The number of carbonyl (C=O) groups is 1. The quantitative estimate of drug-likeness (QED) is 0.670. The fourth-order valence-electron chi connectivity index (χ4n) is 3.36. The average Bonchev–Trinajstić information content (AvgIpc) is 2.72. The Labute approximate surface area is 187 Å². The van der Waals surface area contributed by atoms with Crippen molar-refractivity contribution in [1.82, 2.24) is 5.32 Å². The van der Waals surface area contributed by atoms with E-state index < -0.39 is 28.0 Å². The zero-order valence-corrected chi connectivity index (χ0v) is 19.3. The van der Waals surface area contributed by atoms with E-state index in [2.05, 4.69) is 5.32 Å². The summed E-state index contributed by atoms with van der Waals surface area (Å²) in [4.78, 5) is 13.0. The van der Waals surface area contributed by atoms with E-state index in [1.54, 1.807) is 31.2 Å². The van der Waals surface area contributed by atoms with E-state index in [4.69, 9.17) is 25.8 Å². The Morgan fingerprint density at radius 3 is 2.45 bits per heavy atom. The number of nitrogens with zero attached hydrogens (tertiary/aromatic N) is 1. The zero-order chi connectivity index (χ0) is 22.8. The van der Waals surface area contributed by atoms with Crippen LogP contribution in [0.3, 0.4) is 0 Å². The van der Waals surface area contributed by atoms with E-state index in [1.165, 1.54) is 20.1 Å². The number of amides is 1. The first kappa shape index (κ1) is 23.0. The number of sulfonamides is 1. The molecule has 1 aliphatic rings. The second-order valence-corrected chi connectivity index (χ2v) is 9.48. The van der Waals surface area contributed by atoms with Gasteiger partial charge in [-0.1, -0.05) is 17.7 Å². The Hall–Kier alpha value is -2.65. The highest BCUT2D eigenvalue weighted by Crippen LogP contribution is 2.35. The van der Waals surface area contributed by atoms with Gasteiger partial charge in [-0.25, -0.2) is 8.42 Å². The summed E-state index contributed by atoms with van der Waals surface area (Å²) in [5.74, 6) is 1.07. The molecule has 0 unspecified atom stereocenters. The first-order chi connectivity index (χ1) is 14.6. The molecule has 0 saturated carbocycles. The second-order valence-electron chi connectivity index (χ2n) is 7.18. The van der Waals surface area contributed by atoms with E-state index in [0.717, 1.165) is 16.1 Å². The van der Waals surface area contributed by atoms with E-state index in [0.29, 0.717) is 29.7 Å². The molecule has 168 valence electrons. The maximum Gasteiger partial charge on any atom is 0.244 e. The summed E-state index contributed by atoms with van der Waals surface area (Å²) in [6, 6.07) is 8.56. The molecule has 2 atom stereocenters. The normalized spacial score (nSPS) is 15.0. The van der Waals surface area contributed by atoms with Crippen molar-refractivity contribution >= 4 is 33.2 Å². The van der Waals surface area contributed by atoms with Crippen molar-refractivity contribution in [1.29, 1.82) is 0 Å². The Morgan fingerprint density at radius 1 is 1.13 bits per heavy atom. The van der Waals surface area contributed by atoms with Crippen molar-refractivity contribution in [3.8, 4) is 17.2 Å². The number of benzene rings is 2. The molecule has 8 nitrogen and oxygen atoms in total. The summed E-state index contributed by atoms with van der Waals surface area (Å²) >= 11 is 6.07. The third kappa shape index (κ3) is 5.16. The van der Waals surface area contributed by atoms with E-state index >= 15 is 0 Å². The van der Waals surface area contributed by atoms with Crippen LogP contribution in [0.4, 0.5) is 5.69 Å². The maximum absolute atomic E-state index is 13.0. The molecule has 3 rings (SSSR count). The third-order valence-corrected chi connectivity index (χ3v) is 6.35. The maximum atomic E-state index is 13.0. The van der Waals surface area contributed by atoms with Gasteiger partial charge in [0.15, 0.2) is 11.5 Å². The second kappa shape index (κ2) is 9.23. The van der Waals surface area contributed by atoms with Crippen LogP contribution >= 0.6 is 11.6 Å². The predicted molar refractivity (Wildman–Crippen MR) is 119 cm³/mol. The Kier molecular flexibility index (Phi) is 6.86. The van der Waals surface area contributed by atoms with Crippen molar-refractivity contribution < 1.29 is 27.4 Å². The van der Waals surface area contributed by atoms with Gasteiger partial charge < -0.3 is 19.5 Å². The highest BCUT2D eigenvalue weighted by Gasteiger charge is 2.32. The topological polar surface area (TPSA) is 94.2 Å². The van der Waals surface area contributed by atoms with E-state index in [1.807, 2.05) is 6.07 Å². The number of ether oxygens (including phenoxy) is 3. The molecule has 1 aliphatic heterocycles. The number of hydrogen-bond donors (Lipinski definition) is 1. The highest BCUT2D eigenvalue weighted by atomic mass is 35.5. The lowest BCUT2D eigenvalue weighted by atomic mass is 10.1. The lowest BCUT2D eigenvalue weighted by Crippen LogP contribution is -2.48. The predicted octanol–water partition coefficient (Wildman–Crippen LogP) is 3.15. The van der Waals surface area contributed by atoms with Gasteiger partial charge >= 0.3 is 0 Å². The van der Waals surface area contributed by atoms with Crippen molar-refractivity contribution in [2.75, 3.05) is 30.9 Å². The van der Waals surface area contributed by atoms with Gasteiger partial charge in [0, 0.05) is 5.02 Å². The van der Waals surface area contributed by atoms with Crippen LogP contribution in [-0.4, -0.2) is 46.9 Å². The fourth-order valence-corrected chi connectivity index (χ4v) is 4.70.